The van der Waals surface area contributed by atoms with Crippen molar-refractivity contribution in [1.82, 2.24) is 9.97 Å². The second kappa shape index (κ2) is 9.62. The first-order valence-corrected chi connectivity index (χ1v) is 10.7. The quantitative estimate of drug-likeness (QED) is 0.184. The number of hydrazone groups is 1. The van der Waals surface area contributed by atoms with Gasteiger partial charge in [-0.2, -0.15) is 5.10 Å². The Hall–Kier alpha value is -3.07. The van der Waals surface area contributed by atoms with Crippen molar-refractivity contribution in [3.8, 4) is 11.5 Å². The lowest BCUT2D eigenvalue weighted by Gasteiger charge is -2.14. The maximum atomic E-state index is 6.06. The molecular weight excluding hydrogens is 491 g/mol. The predicted octanol–water partition coefficient (Wildman–Crippen LogP) is 5.59. The summed E-state index contributed by atoms with van der Waals surface area (Å²) in [6.45, 7) is 2.99. The number of hydrogen-bond acceptors (Lipinski definition) is 5. The fourth-order valence-electron chi connectivity index (χ4n) is 2.97. The van der Waals surface area contributed by atoms with E-state index in [0.717, 1.165) is 31.5 Å². The first-order valence-electron chi connectivity index (χ1n) is 9.60. The smallest absolute Gasteiger partial charge is 0.222 e. The van der Waals surface area contributed by atoms with Crippen LogP contribution in [-0.4, -0.2) is 22.8 Å². The molecule has 0 saturated carbocycles. The number of para-hydroxylation sites is 2. The van der Waals surface area contributed by atoms with Gasteiger partial charge < -0.3 is 14.5 Å². The molecular formula is C23H21IN4O2. The average molecular weight is 512 g/mol. The highest BCUT2D eigenvalue weighted by Gasteiger charge is 2.12. The third kappa shape index (κ3) is 4.91. The normalized spacial score (nSPS) is 11.1. The number of benzene rings is 3. The van der Waals surface area contributed by atoms with Gasteiger partial charge in [-0.05, 0) is 64.9 Å². The van der Waals surface area contributed by atoms with Gasteiger partial charge in [0.2, 0.25) is 5.95 Å². The fraction of sp³-hybridized carbons (Fsp3) is 0.130. The summed E-state index contributed by atoms with van der Waals surface area (Å²) in [5.41, 5.74) is 6.81. The van der Waals surface area contributed by atoms with E-state index in [4.69, 9.17) is 9.47 Å². The summed E-state index contributed by atoms with van der Waals surface area (Å²) in [5.74, 6) is 2.03. The lowest BCUT2D eigenvalue weighted by molar-refractivity contribution is 0.267. The molecule has 1 heterocycles. The van der Waals surface area contributed by atoms with Gasteiger partial charge in [-0.25, -0.2) is 10.4 Å². The molecule has 4 aromatic rings. The summed E-state index contributed by atoms with van der Waals surface area (Å²) < 4.78 is 12.8. The zero-order valence-corrected chi connectivity index (χ0v) is 18.6. The Morgan fingerprint density at radius 2 is 1.87 bits per heavy atom. The van der Waals surface area contributed by atoms with Crippen LogP contribution >= 0.6 is 22.6 Å². The molecule has 0 aliphatic rings. The van der Waals surface area contributed by atoms with Gasteiger partial charge in [0, 0.05) is 0 Å². The number of imidazole rings is 1. The number of hydrogen-bond donors (Lipinski definition) is 2. The SMILES string of the molecule is CCOc1cc(/C=N\Nc2nc3ccccc3[nH]2)cc(I)c1OCc1ccccc1. The predicted molar refractivity (Wildman–Crippen MR) is 128 cm³/mol. The Labute approximate surface area is 188 Å². The van der Waals surface area contributed by atoms with Gasteiger partial charge in [0.15, 0.2) is 11.5 Å². The minimum atomic E-state index is 0.484. The summed E-state index contributed by atoms with van der Waals surface area (Å²) >= 11 is 2.26. The second-order valence-electron chi connectivity index (χ2n) is 6.51. The molecule has 6 nitrogen and oxygen atoms in total. The van der Waals surface area contributed by atoms with E-state index in [1.54, 1.807) is 6.21 Å². The number of nitrogens with one attached hydrogen (secondary N) is 2. The fourth-order valence-corrected chi connectivity index (χ4v) is 3.75. The standard InChI is InChI=1S/C23H21IN4O2/c1-2-29-21-13-17(12-18(24)22(21)30-15-16-8-4-3-5-9-16)14-25-28-23-26-19-10-6-7-11-20(19)27-23/h3-14H,2,15H2,1H3,(H2,26,27,28)/b25-14-. The van der Waals surface area contributed by atoms with Crippen molar-refractivity contribution in [3.63, 3.8) is 0 Å². The van der Waals surface area contributed by atoms with E-state index < -0.39 is 0 Å². The van der Waals surface area contributed by atoms with Gasteiger partial charge in [0.05, 0.1) is 27.4 Å². The van der Waals surface area contributed by atoms with Crippen molar-refractivity contribution in [3.05, 3.63) is 81.4 Å². The molecule has 0 amide bonds. The average Bonchev–Trinajstić information content (AvgIpc) is 3.17. The molecule has 0 fully saturated rings. The molecule has 2 N–H and O–H groups in total. The van der Waals surface area contributed by atoms with Crippen LogP contribution in [0, 0.1) is 3.57 Å². The minimum absolute atomic E-state index is 0.484. The molecule has 4 rings (SSSR count). The zero-order valence-electron chi connectivity index (χ0n) is 16.4. The van der Waals surface area contributed by atoms with E-state index in [9.17, 15) is 0 Å². The number of nitrogens with zero attached hydrogens (tertiary/aromatic N) is 2. The third-order valence-electron chi connectivity index (χ3n) is 4.33. The summed E-state index contributed by atoms with van der Waals surface area (Å²) in [6, 6.07) is 21.9. The maximum absolute atomic E-state index is 6.06. The lowest BCUT2D eigenvalue weighted by atomic mass is 10.2. The maximum Gasteiger partial charge on any atom is 0.222 e. The molecule has 1 aromatic heterocycles. The summed E-state index contributed by atoms with van der Waals surface area (Å²) in [4.78, 5) is 7.63. The van der Waals surface area contributed by atoms with Crippen LogP contribution in [0.1, 0.15) is 18.1 Å². The zero-order chi connectivity index (χ0) is 20.8. The summed E-state index contributed by atoms with van der Waals surface area (Å²) in [6.07, 6.45) is 1.73. The second-order valence-corrected chi connectivity index (χ2v) is 7.67. The lowest BCUT2D eigenvalue weighted by Crippen LogP contribution is -2.03. The number of halogens is 1. The summed E-state index contributed by atoms with van der Waals surface area (Å²) in [5, 5.41) is 4.30. The molecule has 0 atom stereocenters. The number of ether oxygens (including phenoxy) is 2. The van der Waals surface area contributed by atoms with Crippen molar-refractivity contribution in [2.75, 3.05) is 12.0 Å². The van der Waals surface area contributed by atoms with Crippen LogP contribution in [0.2, 0.25) is 0 Å². The number of aromatic amines is 1. The van der Waals surface area contributed by atoms with Gasteiger partial charge in [-0.3, -0.25) is 0 Å². The number of fused-ring (bicyclic) bond motifs is 1. The molecule has 0 aliphatic heterocycles. The van der Waals surface area contributed by atoms with Gasteiger partial charge in [0.1, 0.15) is 6.61 Å². The van der Waals surface area contributed by atoms with Crippen LogP contribution in [0.4, 0.5) is 5.95 Å². The van der Waals surface area contributed by atoms with Gasteiger partial charge in [-0.15, -0.1) is 0 Å². The van der Waals surface area contributed by atoms with Gasteiger partial charge >= 0.3 is 0 Å². The van der Waals surface area contributed by atoms with Crippen LogP contribution in [0.3, 0.4) is 0 Å². The highest BCUT2D eigenvalue weighted by atomic mass is 127. The molecule has 30 heavy (non-hydrogen) atoms. The third-order valence-corrected chi connectivity index (χ3v) is 5.13. The van der Waals surface area contributed by atoms with E-state index in [1.807, 2.05) is 73.7 Å². The topological polar surface area (TPSA) is 71.5 Å². The van der Waals surface area contributed by atoms with E-state index >= 15 is 0 Å². The molecule has 0 spiro atoms. The largest absolute Gasteiger partial charge is 0.490 e. The van der Waals surface area contributed by atoms with Gasteiger partial charge in [-0.1, -0.05) is 42.5 Å². The Bertz CT molecular complexity index is 1130. The molecule has 7 heteroatoms. The van der Waals surface area contributed by atoms with Crippen molar-refractivity contribution in [2.24, 2.45) is 5.10 Å². The molecule has 152 valence electrons. The molecule has 0 bridgehead atoms. The molecule has 0 radical (unpaired) electrons. The Kier molecular flexibility index (Phi) is 6.48. The Morgan fingerprint density at radius 1 is 1.07 bits per heavy atom. The summed E-state index contributed by atoms with van der Waals surface area (Å²) in [7, 11) is 0. The number of aromatic nitrogens is 2. The molecule has 0 unspecified atom stereocenters. The van der Waals surface area contributed by atoms with E-state index in [2.05, 4.69) is 43.1 Å². The van der Waals surface area contributed by atoms with Crippen LogP contribution in [0.25, 0.3) is 11.0 Å². The van der Waals surface area contributed by atoms with Crippen molar-refractivity contribution in [2.45, 2.75) is 13.5 Å². The van der Waals surface area contributed by atoms with Crippen LogP contribution in [0.15, 0.2) is 71.8 Å². The Balaban J connectivity index is 1.49. The highest BCUT2D eigenvalue weighted by Crippen LogP contribution is 2.34. The first kappa shape index (κ1) is 20.2. The molecule has 0 aliphatic carbocycles. The molecule has 0 saturated heterocycles. The van der Waals surface area contributed by atoms with Crippen LogP contribution in [0.5, 0.6) is 11.5 Å². The minimum Gasteiger partial charge on any atom is -0.490 e. The van der Waals surface area contributed by atoms with Gasteiger partial charge in [0.25, 0.3) is 0 Å². The monoisotopic (exact) mass is 512 g/mol. The van der Waals surface area contributed by atoms with E-state index in [-0.39, 0.29) is 0 Å². The van der Waals surface area contributed by atoms with Crippen LogP contribution in [-0.2, 0) is 6.61 Å². The van der Waals surface area contributed by atoms with Crippen molar-refractivity contribution in [1.29, 1.82) is 0 Å². The molecule has 3 aromatic carbocycles. The number of H-pyrrole nitrogens is 1. The van der Waals surface area contributed by atoms with Crippen LogP contribution < -0.4 is 14.9 Å². The van der Waals surface area contributed by atoms with E-state index in [1.165, 1.54) is 0 Å². The highest BCUT2D eigenvalue weighted by molar-refractivity contribution is 14.1. The number of rotatable bonds is 8. The van der Waals surface area contributed by atoms with Crippen molar-refractivity contribution < 1.29 is 9.47 Å². The number of anilines is 1. The van der Waals surface area contributed by atoms with Crippen molar-refractivity contribution >= 4 is 45.8 Å². The first-order chi connectivity index (χ1) is 14.7. The van der Waals surface area contributed by atoms with E-state index in [0.29, 0.717) is 24.9 Å². The Morgan fingerprint density at radius 3 is 2.67 bits per heavy atom.